The molecule has 0 saturated carbocycles. The maximum absolute atomic E-state index is 6.05. The van der Waals surface area contributed by atoms with Gasteiger partial charge < -0.3 is 5.73 Å². The first-order valence-electron chi connectivity index (χ1n) is 7.50. The van der Waals surface area contributed by atoms with Crippen LogP contribution < -0.4 is 5.73 Å². The zero-order chi connectivity index (χ0) is 14.3. The molecule has 1 atom stereocenters. The summed E-state index contributed by atoms with van der Waals surface area (Å²) in [7, 11) is 0. The molecule has 0 spiro atoms. The third-order valence-electron chi connectivity index (χ3n) is 3.64. The van der Waals surface area contributed by atoms with E-state index in [9.17, 15) is 0 Å². The Morgan fingerprint density at radius 2 is 1.89 bits per heavy atom. The highest BCUT2D eigenvalue weighted by Gasteiger charge is 2.26. The van der Waals surface area contributed by atoms with Crippen LogP contribution in [0.1, 0.15) is 52.3 Å². The number of pyridine rings is 1. The Labute approximate surface area is 118 Å². The summed E-state index contributed by atoms with van der Waals surface area (Å²) < 4.78 is 0. The number of hydrogen-bond acceptors (Lipinski definition) is 3. The first kappa shape index (κ1) is 16.1. The molecule has 3 heteroatoms. The highest BCUT2D eigenvalue weighted by Crippen LogP contribution is 2.24. The first-order valence-corrected chi connectivity index (χ1v) is 7.50. The van der Waals surface area contributed by atoms with Crippen molar-refractivity contribution in [1.82, 2.24) is 9.88 Å². The lowest BCUT2D eigenvalue weighted by molar-refractivity contribution is 0.110. The van der Waals surface area contributed by atoms with Crippen LogP contribution in [0.4, 0.5) is 0 Å². The number of hydrogen-bond donors (Lipinski definition) is 1. The zero-order valence-corrected chi connectivity index (χ0v) is 12.8. The minimum absolute atomic E-state index is 0.230. The molecule has 0 radical (unpaired) electrons. The highest BCUT2D eigenvalue weighted by atomic mass is 15.2. The molecule has 0 amide bonds. The first-order chi connectivity index (χ1) is 9.13. The van der Waals surface area contributed by atoms with Gasteiger partial charge in [-0.15, -0.1) is 0 Å². The van der Waals surface area contributed by atoms with Crippen LogP contribution in [0.2, 0.25) is 0 Å². The summed E-state index contributed by atoms with van der Waals surface area (Å²) >= 11 is 0. The van der Waals surface area contributed by atoms with Gasteiger partial charge in [0.15, 0.2) is 0 Å². The molecule has 0 aliphatic heterocycles. The highest BCUT2D eigenvalue weighted by molar-refractivity contribution is 5.10. The van der Waals surface area contributed by atoms with E-state index in [1.165, 1.54) is 0 Å². The van der Waals surface area contributed by atoms with E-state index in [0.29, 0.717) is 18.5 Å². The standard InChI is InChI=1S/C16H29N3/c1-5-14(6-2)19(12-13(3)4)16(11-17)15-9-7-8-10-18-15/h7-10,13-14,16H,5-6,11-12,17H2,1-4H3. The van der Waals surface area contributed by atoms with E-state index in [-0.39, 0.29) is 6.04 Å². The van der Waals surface area contributed by atoms with Crippen LogP contribution >= 0.6 is 0 Å². The average molecular weight is 263 g/mol. The molecule has 1 aromatic heterocycles. The lowest BCUT2D eigenvalue weighted by atomic mass is 10.0. The number of aromatic nitrogens is 1. The van der Waals surface area contributed by atoms with Crippen molar-refractivity contribution >= 4 is 0 Å². The topological polar surface area (TPSA) is 42.1 Å². The molecule has 3 nitrogen and oxygen atoms in total. The molecule has 1 heterocycles. The molecule has 2 N–H and O–H groups in total. The van der Waals surface area contributed by atoms with Crippen molar-refractivity contribution in [2.75, 3.05) is 13.1 Å². The Morgan fingerprint density at radius 1 is 1.21 bits per heavy atom. The monoisotopic (exact) mass is 263 g/mol. The molecule has 19 heavy (non-hydrogen) atoms. The summed E-state index contributed by atoms with van der Waals surface area (Å²) in [5.74, 6) is 0.637. The molecule has 0 aliphatic carbocycles. The second kappa shape index (κ2) is 8.28. The summed E-state index contributed by atoms with van der Waals surface area (Å²) in [4.78, 5) is 7.06. The Hall–Kier alpha value is -0.930. The Balaban J connectivity index is 2.98. The summed E-state index contributed by atoms with van der Waals surface area (Å²) in [6.07, 6.45) is 4.18. The molecule has 0 aromatic carbocycles. The molecule has 0 aliphatic rings. The predicted octanol–water partition coefficient (Wildman–Crippen LogP) is 3.23. The van der Waals surface area contributed by atoms with E-state index < -0.39 is 0 Å². The smallest absolute Gasteiger partial charge is 0.0647 e. The average Bonchev–Trinajstić information content (AvgIpc) is 2.41. The van der Waals surface area contributed by atoms with Crippen LogP contribution in [-0.4, -0.2) is 29.0 Å². The summed E-state index contributed by atoms with van der Waals surface area (Å²) in [5.41, 5.74) is 7.14. The third-order valence-corrected chi connectivity index (χ3v) is 3.64. The zero-order valence-electron chi connectivity index (χ0n) is 12.8. The van der Waals surface area contributed by atoms with Gasteiger partial charge in [0.2, 0.25) is 0 Å². The number of nitrogens with two attached hydrogens (primary N) is 1. The minimum Gasteiger partial charge on any atom is -0.329 e. The van der Waals surface area contributed by atoms with Crippen molar-refractivity contribution in [3.05, 3.63) is 30.1 Å². The lowest BCUT2D eigenvalue weighted by Gasteiger charge is -2.38. The Kier molecular flexibility index (Phi) is 7.03. The van der Waals surface area contributed by atoms with E-state index in [0.717, 1.165) is 25.1 Å². The van der Waals surface area contributed by atoms with Crippen LogP contribution in [0.5, 0.6) is 0 Å². The lowest BCUT2D eigenvalue weighted by Crippen LogP contribution is -2.43. The van der Waals surface area contributed by atoms with Crippen molar-refractivity contribution in [2.24, 2.45) is 11.7 Å². The van der Waals surface area contributed by atoms with Gasteiger partial charge in [-0.25, -0.2) is 0 Å². The van der Waals surface area contributed by atoms with Crippen LogP contribution in [-0.2, 0) is 0 Å². The number of nitrogens with zero attached hydrogens (tertiary/aromatic N) is 2. The van der Waals surface area contributed by atoms with Crippen LogP contribution in [0.15, 0.2) is 24.4 Å². The second-order valence-electron chi connectivity index (χ2n) is 5.57. The number of rotatable bonds is 8. The molecule has 0 saturated heterocycles. The Morgan fingerprint density at radius 3 is 2.32 bits per heavy atom. The van der Waals surface area contributed by atoms with Gasteiger partial charge in [-0.1, -0.05) is 33.8 Å². The molecule has 1 aromatic rings. The maximum Gasteiger partial charge on any atom is 0.0647 e. The van der Waals surface area contributed by atoms with E-state index >= 15 is 0 Å². The van der Waals surface area contributed by atoms with E-state index in [1.807, 2.05) is 18.3 Å². The largest absolute Gasteiger partial charge is 0.329 e. The van der Waals surface area contributed by atoms with E-state index in [2.05, 4.69) is 43.6 Å². The van der Waals surface area contributed by atoms with Gasteiger partial charge in [-0.3, -0.25) is 9.88 Å². The fourth-order valence-corrected chi connectivity index (χ4v) is 2.71. The maximum atomic E-state index is 6.05. The molecular weight excluding hydrogens is 234 g/mol. The quantitative estimate of drug-likeness (QED) is 0.783. The van der Waals surface area contributed by atoms with Gasteiger partial charge in [0, 0.05) is 25.3 Å². The summed E-state index contributed by atoms with van der Waals surface area (Å²) in [6.45, 7) is 10.7. The fraction of sp³-hybridized carbons (Fsp3) is 0.688. The van der Waals surface area contributed by atoms with Gasteiger partial charge in [-0.05, 0) is 30.9 Å². The third kappa shape index (κ3) is 4.59. The normalized spacial score (nSPS) is 13.5. The van der Waals surface area contributed by atoms with Gasteiger partial charge >= 0.3 is 0 Å². The molecule has 0 fully saturated rings. The van der Waals surface area contributed by atoms with Crippen LogP contribution in [0.3, 0.4) is 0 Å². The van der Waals surface area contributed by atoms with Crippen molar-refractivity contribution < 1.29 is 0 Å². The minimum atomic E-state index is 0.230. The fourth-order valence-electron chi connectivity index (χ4n) is 2.71. The van der Waals surface area contributed by atoms with Crippen molar-refractivity contribution in [3.63, 3.8) is 0 Å². The van der Waals surface area contributed by atoms with E-state index in [4.69, 9.17) is 5.73 Å². The van der Waals surface area contributed by atoms with Gasteiger partial charge in [-0.2, -0.15) is 0 Å². The molecular formula is C16H29N3. The molecule has 1 rings (SSSR count). The summed E-state index contributed by atoms with van der Waals surface area (Å²) in [6, 6.07) is 6.91. The molecule has 1 unspecified atom stereocenters. The van der Waals surface area contributed by atoms with Crippen LogP contribution in [0, 0.1) is 5.92 Å². The molecule has 0 bridgehead atoms. The van der Waals surface area contributed by atoms with Gasteiger partial charge in [0.1, 0.15) is 0 Å². The SMILES string of the molecule is CCC(CC)N(CC(C)C)C(CN)c1ccccn1. The predicted molar refractivity (Wildman–Crippen MR) is 81.9 cm³/mol. The van der Waals surface area contributed by atoms with Gasteiger partial charge in [0.05, 0.1) is 11.7 Å². The van der Waals surface area contributed by atoms with Crippen molar-refractivity contribution in [3.8, 4) is 0 Å². The van der Waals surface area contributed by atoms with Crippen LogP contribution in [0.25, 0.3) is 0 Å². The summed E-state index contributed by atoms with van der Waals surface area (Å²) in [5, 5.41) is 0. The second-order valence-corrected chi connectivity index (χ2v) is 5.57. The van der Waals surface area contributed by atoms with Crippen molar-refractivity contribution in [1.29, 1.82) is 0 Å². The van der Waals surface area contributed by atoms with Gasteiger partial charge in [0.25, 0.3) is 0 Å². The Bertz CT molecular complexity index is 333. The van der Waals surface area contributed by atoms with E-state index in [1.54, 1.807) is 0 Å². The van der Waals surface area contributed by atoms with Crippen molar-refractivity contribution in [2.45, 2.75) is 52.6 Å². The molecule has 108 valence electrons.